The molecule has 0 aliphatic rings. The zero-order valence-electron chi connectivity index (χ0n) is 20.4. The largest absolute Gasteiger partial charge is 0.497 e. The summed E-state index contributed by atoms with van der Waals surface area (Å²) < 4.78 is 10.7. The minimum Gasteiger partial charge on any atom is -0.497 e. The Bertz CT molecular complexity index is 1160. The summed E-state index contributed by atoms with van der Waals surface area (Å²) in [6.07, 6.45) is 0.792. The normalized spacial score (nSPS) is 11.0. The number of benzene rings is 2. The zero-order valence-corrected chi connectivity index (χ0v) is 20.4. The number of aromatic nitrogens is 1. The summed E-state index contributed by atoms with van der Waals surface area (Å²) in [4.78, 5) is 33.0. The van der Waals surface area contributed by atoms with Crippen LogP contribution in [0.5, 0.6) is 11.5 Å². The van der Waals surface area contributed by atoms with Crippen LogP contribution in [0.2, 0.25) is 0 Å². The molecule has 182 valence electrons. The third-order valence-corrected chi connectivity index (χ3v) is 5.92. The molecular weight excluding hydrogens is 432 g/mol. The Morgan fingerprint density at radius 3 is 2.47 bits per heavy atom. The summed E-state index contributed by atoms with van der Waals surface area (Å²) in [6, 6.07) is 14.3. The minimum absolute atomic E-state index is 0.182. The molecule has 2 amide bonds. The van der Waals surface area contributed by atoms with Gasteiger partial charge in [-0.3, -0.25) is 4.79 Å². The van der Waals surface area contributed by atoms with Crippen molar-refractivity contribution in [1.29, 1.82) is 0 Å². The Morgan fingerprint density at radius 1 is 1.00 bits per heavy atom. The first-order chi connectivity index (χ1) is 16.5. The first kappa shape index (κ1) is 25.1. The van der Waals surface area contributed by atoms with Crippen LogP contribution in [-0.2, 0) is 6.54 Å². The van der Waals surface area contributed by atoms with Crippen molar-refractivity contribution in [2.75, 3.05) is 45.7 Å². The molecule has 0 spiro atoms. The Kier molecular flexibility index (Phi) is 8.93. The van der Waals surface area contributed by atoms with Crippen molar-refractivity contribution in [3.63, 3.8) is 0 Å². The maximum Gasteiger partial charge on any atom is 0.322 e. The van der Waals surface area contributed by atoms with Crippen LogP contribution in [0, 0.1) is 0 Å². The maximum absolute atomic E-state index is 13.3. The van der Waals surface area contributed by atoms with E-state index in [0.29, 0.717) is 29.3 Å². The molecule has 3 rings (SSSR count). The van der Waals surface area contributed by atoms with Crippen LogP contribution in [0.25, 0.3) is 10.9 Å². The quantitative estimate of drug-likeness (QED) is 0.440. The fraction of sp³-hybridized carbons (Fsp3) is 0.385. The molecule has 0 fully saturated rings. The van der Waals surface area contributed by atoms with Gasteiger partial charge in [0.25, 0.3) is 5.56 Å². The van der Waals surface area contributed by atoms with Crippen LogP contribution in [0.15, 0.2) is 53.3 Å². The molecule has 0 atom stereocenters. The van der Waals surface area contributed by atoms with Crippen LogP contribution >= 0.6 is 0 Å². The van der Waals surface area contributed by atoms with Crippen molar-refractivity contribution < 1.29 is 14.3 Å². The summed E-state index contributed by atoms with van der Waals surface area (Å²) in [5, 5.41) is 3.79. The van der Waals surface area contributed by atoms with Gasteiger partial charge in [-0.05, 0) is 62.5 Å². The third-order valence-electron chi connectivity index (χ3n) is 5.92. The van der Waals surface area contributed by atoms with Crippen LogP contribution in [0.3, 0.4) is 0 Å². The van der Waals surface area contributed by atoms with Crippen molar-refractivity contribution in [1.82, 2.24) is 14.8 Å². The number of amides is 2. The lowest BCUT2D eigenvalue weighted by atomic mass is 10.1. The first-order valence-corrected chi connectivity index (χ1v) is 11.6. The van der Waals surface area contributed by atoms with Gasteiger partial charge in [-0.1, -0.05) is 26.0 Å². The van der Waals surface area contributed by atoms with Gasteiger partial charge in [-0.15, -0.1) is 0 Å². The minimum atomic E-state index is -0.283. The standard InChI is InChI=1S/C26H34N4O4/c1-5-29(6-2)14-9-15-30(26(32)28-23-10-7-8-11-24(23)34-4)18-20-16-19-17-21(33-3)12-13-22(19)27-25(20)31/h7-8,10-13,16-17H,5-6,9,14-15,18H2,1-4H3,(H,27,31)(H,28,32). The van der Waals surface area contributed by atoms with Gasteiger partial charge in [0.1, 0.15) is 11.5 Å². The second-order valence-electron chi connectivity index (χ2n) is 8.01. The summed E-state index contributed by atoms with van der Waals surface area (Å²) >= 11 is 0. The molecule has 34 heavy (non-hydrogen) atoms. The smallest absolute Gasteiger partial charge is 0.322 e. The molecule has 0 bridgehead atoms. The summed E-state index contributed by atoms with van der Waals surface area (Å²) in [5.74, 6) is 1.28. The number of rotatable bonds is 11. The number of hydrogen-bond donors (Lipinski definition) is 2. The monoisotopic (exact) mass is 466 g/mol. The number of pyridine rings is 1. The molecule has 1 heterocycles. The summed E-state index contributed by atoms with van der Waals surface area (Å²) in [7, 11) is 3.17. The van der Waals surface area contributed by atoms with Crippen molar-refractivity contribution in [2.24, 2.45) is 0 Å². The van der Waals surface area contributed by atoms with Gasteiger partial charge in [0.2, 0.25) is 0 Å². The zero-order chi connectivity index (χ0) is 24.5. The van der Waals surface area contributed by atoms with Crippen molar-refractivity contribution in [3.05, 3.63) is 64.4 Å². The average molecular weight is 467 g/mol. The predicted molar refractivity (Wildman–Crippen MR) is 136 cm³/mol. The van der Waals surface area contributed by atoms with Gasteiger partial charge in [-0.25, -0.2) is 4.79 Å². The number of carbonyl (C=O) groups is 1. The molecule has 2 aromatic carbocycles. The first-order valence-electron chi connectivity index (χ1n) is 11.6. The second-order valence-corrected chi connectivity index (χ2v) is 8.01. The number of para-hydroxylation sites is 2. The van der Waals surface area contributed by atoms with Gasteiger partial charge in [0, 0.05) is 23.0 Å². The number of aromatic amines is 1. The van der Waals surface area contributed by atoms with Gasteiger partial charge in [0.05, 0.1) is 26.5 Å². The van der Waals surface area contributed by atoms with E-state index in [1.165, 1.54) is 0 Å². The van der Waals surface area contributed by atoms with Crippen LogP contribution in [0.1, 0.15) is 25.8 Å². The predicted octanol–water partition coefficient (Wildman–Crippen LogP) is 4.31. The summed E-state index contributed by atoms with van der Waals surface area (Å²) in [6.45, 7) is 7.72. The number of fused-ring (bicyclic) bond motifs is 1. The van der Waals surface area contributed by atoms with Crippen molar-refractivity contribution >= 4 is 22.6 Å². The second kappa shape index (κ2) is 12.1. The number of nitrogens with zero attached hydrogens (tertiary/aromatic N) is 2. The molecule has 3 aromatic rings. The van der Waals surface area contributed by atoms with Gasteiger partial charge in [0.15, 0.2) is 0 Å². The van der Waals surface area contributed by atoms with E-state index in [1.807, 2.05) is 30.3 Å². The number of H-pyrrole nitrogens is 1. The fourth-order valence-electron chi connectivity index (χ4n) is 3.90. The van der Waals surface area contributed by atoms with E-state index in [2.05, 4.69) is 29.0 Å². The lowest BCUT2D eigenvalue weighted by Gasteiger charge is -2.25. The van der Waals surface area contributed by atoms with E-state index in [0.717, 1.165) is 37.0 Å². The molecule has 0 aliphatic heterocycles. The number of methoxy groups -OCH3 is 2. The number of anilines is 1. The van der Waals surface area contributed by atoms with Gasteiger partial charge in [-0.2, -0.15) is 0 Å². The van der Waals surface area contributed by atoms with Crippen LogP contribution in [0.4, 0.5) is 10.5 Å². The Labute approximate surface area is 200 Å². The van der Waals surface area contributed by atoms with E-state index >= 15 is 0 Å². The number of carbonyl (C=O) groups excluding carboxylic acids is 1. The molecule has 0 aliphatic carbocycles. The third kappa shape index (κ3) is 6.29. The highest BCUT2D eigenvalue weighted by atomic mass is 16.5. The Morgan fingerprint density at radius 2 is 1.76 bits per heavy atom. The van der Waals surface area contributed by atoms with Crippen molar-refractivity contribution in [2.45, 2.75) is 26.8 Å². The molecule has 1 aromatic heterocycles. The summed E-state index contributed by atoms with van der Waals surface area (Å²) in [5.41, 5.74) is 1.61. The van der Waals surface area contributed by atoms with Crippen LogP contribution < -0.4 is 20.3 Å². The average Bonchev–Trinajstić information content (AvgIpc) is 2.86. The number of hydrogen-bond acceptors (Lipinski definition) is 5. The molecule has 0 unspecified atom stereocenters. The molecule has 0 saturated carbocycles. The lowest BCUT2D eigenvalue weighted by molar-refractivity contribution is 0.202. The van der Waals surface area contributed by atoms with Crippen molar-refractivity contribution in [3.8, 4) is 11.5 Å². The molecule has 2 N–H and O–H groups in total. The van der Waals surface area contributed by atoms with E-state index in [1.54, 1.807) is 37.3 Å². The fourth-order valence-corrected chi connectivity index (χ4v) is 3.90. The lowest BCUT2D eigenvalue weighted by Crippen LogP contribution is -2.38. The highest BCUT2D eigenvalue weighted by Gasteiger charge is 2.18. The molecule has 8 nitrogen and oxygen atoms in total. The van der Waals surface area contributed by atoms with Gasteiger partial charge < -0.3 is 29.6 Å². The Balaban J connectivity index is 1.85. The van der Waals surface area contributed by atoms with E-state index < -0.39 is 0 Å². The highest BCUT2D eigenvalue weighted by Crippen LogP contribution is 2.24. The number of ether oxygens (including phenoxy) is 2. The number of urea groups is 1. The molecular formula is C26H34N4O4. The Hall–Kier alpha value is -3.52. The SMILES string of the molecule is CCN(CC)CCCN(Cc1cc2cc(OC)ccc2[nH]c1=O)C(=O)Nc1ccccc1OC. The van der Waals surface area contributed by atoms with Gasteiger partial charge >= 0.3 is 6.03 Å². The molecule has 0 radical (unpaired) electrons. The van der Waals surface area contributed by atoms with E-state index in [9.17, 15) is 9.59 Å². The molecule has 8 heteroatoms. The van der Waals surface area contributed by atoms with E-state index in [4.69, 9.17) is 9.47 Å². The molecule has 0 saturated heterocycles. The highest BCUT2D eigenvalue weighted by molar-refractivity contribution is 5.91. The maximum atomic E-state index is 13.3. The van der Waals surface area contributed by atoms with E-state index in [-0.39, 0.29) is 18.1 Å². The number of nitrogens with one attached hydrogen (secondary N) is 2. The topological polar surface area (TPSA) is 86.9 Å². The van der Waals surface area contributed by atoms with Crippen LogP contribution in [-0.4, -0.2) is 61.2 Å².